The molecule has 2 aromatic rings. The SMILES string of the molecule is C[C@H](NC(=O)OCc1ccccc1)c1cccc(C#N)c1. The van der Waals surface area contributed by atoms with E-state index in [1.54, 1.807) is 18.2 Å². The van der Waals surface area contributed by atoms with E-state index in [-0.39, 0.29) is 12.6 Å². The van der Waals surface area contributed by atoms with E-state index in [0.717, 1.165) is 11.1 Å². The van der Waals surface area contributed by atoms with E-state index >= 15 is 0 Å². The summed E-state index contributed by atoms with van der Waals surface area (Å²) in [6, 6.07) is 18.5. The van der Waals surface area contributed by atoms with Crippen LogP contribution in [0.4, 0.5) is 4.79 Å². The summed E-state index contributed by atoms with van der Waals surface area (Å²) in [6.07, 6.45) is -0.478. The number of nitriles is 1. The van der Waals surface area contributed by atoms with Gasteiger partial charge < -0.3 is 10.1 Å². The summed E-state index contributed by atoms with van der Waals surface area (Å²) >= 11 is 0. The maximum atomic E-state index is 11.8. The van der Waals surface area contributed by atoms with Crippen molar-refractivity contribution >= 4 is 6.09 Å². The van der Waals surface area contributed by atoms with Gasteiger partial charge in [0.2, 0.25) is 0 Å². The minimum Gasteiger partial charge on any atom is -0.445 e. The van der Waals surface area contributed by atoms with Gasteiger partial charge >= 0.3 is 6.09 Å². The molecule has 0 radical (unpaired) electrons. The number of hydrogen-bond donors (Lipinski definition) is 1. The average Bonchev–Trinajstić information content (AvgIpc) is 2.54. The van der Waals surface area contributed by atoms with E-state index in [0.29, 0.717) is 5.56 Å². The molecule has 106 valence electrons. The van der Waals surface area contributed by atoms with Crippen LogP contribution in [0.3, 0.4) is 0 Å². The summed E-state index contributed by atoms with van der Waals surface area (Å²) in [5.41, 5.74) is 2.37. The Morgan fingerprint density at radius 3 is 2.71 bits per heavy atom. The van der Waals surface area contributed by atoms with Crippen LogP contribution in [0.1, 0.15) is 29.7 Å². The second kappa shape index (κ2) is 7.11. The summed E-state index contributed by atoms with van der Waals surface area (Å²) < 4.78 is 5.16. The molecule has 0 fully saturated rings. The van der Waals surface area contributed by atoms with Crippen LogP contribution in [0.25, 0.3) is 0 Å². The number of hydrogen-bond acceptors (Lipinski definition) is 3. The molecule has 0 saturated carbocycles. The molecule has 4 heteroatoms. The third kappa shape index (κ3) is 4.36. The highest BCUT2D eigenvalue weighted by Gasteiger charge is 2.10. The van der Waals surface area contributed by atoms with Gasteiger partial charge in [0.1, 0.15) is 6.61 Å². The second-order valence-electron chi connectivity index (χ2n) is 4.67. The molecule has 4 nitrogen and oxygen atoms in total. The van der Waals surface area contributed by atoms with Gasteiger partial charge in [0.25, 0.3) is 0 Å². The monoisotopic (exact) mass is 280 g/mol. The summed E-state index contributed by atoms with van der Waals surface area (Å²) in [5, 5.41) is 11.6. The lowest BCUT2D eigenvalue weighted by Crippen LogP contribution is -2.27. The van der Waals surface area contributed by atoms with Crippen molar-refractivity contribution in [2.75, 3.05) is 0 Å². The van der Waals surface area contributed by atoms with Crippen LogP contribution in [-0.4, -0.2) is 6.09 Å². The molecule has 1 N–H and O–H groups in total. The lowest BCUT2D eigenvalue weighted by Gasteiger charge is -2.14. The van der Waals surface area contributed by atoms with E-state index < -0.39 is 6.09 Å². The molecule has 2 rings (SSSR count). The number of carbonyl (C=O) groups is 1. The standard InChI is InChI=1S/C17H16N2O2/c1-13(16-9-5-8-15(10-16)11-18)19-17(20)21-12-14-6-3-2-4-7-14/h2-10,13H,12H2,1H3,(H,19,20)/t13-/m0/s1. The summed E-state index contributed by atoms with van der Waals surface area (Å²) in [7, 11) is 0. The van der Waals surface area contributed by atoms with Crippen molar-refractivity contribution in [1.29, 1.82) is 5.26 Å². The number of nitrogens with zero attached hydrogens (tertiary/aromatic N) is 1. The van der Waals surface area contributed by atoms with E-state index in [1.807, 2.05) is 43.3 Å². The van der Waals surface area contributed by atoms with Gasteiger partial charge in [-0.1, -0.05) is 42.5 Å². The highest BCUT2D eigenvalue weighted by molar-refractivity contribution is 5.67. The van der Waals surface area contributed by atoms with Crippen molar-refractivity contribution in [3.05, 3.63) is 71.3 Å². The van der Waals surface area contributed by atoms with Crippen molar-refractivity contribution in [3.8, 4) is 6.07 Å². The average molecular weight is 280 g/mol. The molecule has 0 spiro atoms. The Kier molecular flexibility index (Phi) is 4.94. The first-order valence-electron chi connectivity index (χ1n) is 6.66. The fraction of sp³-hybridized carbons (Fsp3) is 0.176. The Morgan fingerprint density at radius 2 is 2.00 bits per heavy atom. The minimum atomic E-state index is -0.478. The van der Waals surface area contributed by atoms with E-state index in [2.05, 4.69) is 11.4 Å². The first-order chi connectivity index (χ1) is 10.2. The molecule has 2 aromatic carbocycles. The molecule has 0 bridgehead atoms. The summed E-state index contributed by atoms with van der Waals surface area (Å²) in [5.74, 6) is 0. The van der Waals surface area contributed by atoms with Crippen molar-refractivity contribution in [1.82, 2.24) is 5.32 Å². The van der Waals surface area contributed by atoms with Crippen molar-refractivity contribution in [3.63, 3.8) is 0 Å². The molecular formula is C17H16N2O2. The van der Waals surface area contributed by atoms with E-state index in [1.165, 1.54) is 0 Å². The predicted octanol–water partition coefficient (Wildman–Crippen LogP) is 3.55. The van der Waals surface area contributed by atoms with Crippen LogP contribution in [-0.2, 0) is 11.3 Å². The zero-order valence-corrected chi connectivity index (χ0v) is 11.7. The Balaban J connectivity index is 1.88. The van der Waals surface area contributed by atoms with E-state index in [4.69, 9.17) is 10.00 Å². The molecule has 0 aromatic heterocycles. The molecule has 0 saturated heterocycles. The molecule has 1 atom stereocenters. The Labute approximate surface area is 124 Å². The third-order valence-corrected chi connectivity index (χ3v) is 3.06. The van der Waals surface area contributed by atoms with Crippen LogP contribution >= 0.6 is 0 Å². The Morgan fingerprint density at radius 1 is 1.24 bits per heavy atom. The Hall–Kier alpha value is -2.80. The number of carbonyl (C=O) groups excluding carboxylic acids is 1. The number of alkyl carbamates (subject to hydrolysis) is 1. The van der Waals surface area contributed by atoms with Gasteiger partial charge in [-0.3, -0.25) is 0 Å². The van der Waals surface area contributed by atoms with Gasteiger partial charge in [-0.25, -0.2) is 4.79 Å². The topological polar surface area (TPSA) is 62.1 Å². The first kappa shape index (κ1) is 14.6. The second-order valence-corrected chi connectivity index (χ2v) is 4.67. The lowest BCUT2D eigenvalue weighted by molar-refractivity contribution is 0.136. The molecule has 0 aliphatic carbocycles. The van der Waals surface area contributed by atoms with Gasteiger partial charge in [-0.05, 0) is 30.2 Å². The lowest BCUT2D eigenvalue weighted by atomic mass is 10.1. The van der Waals surface area contributed by atoms with Crippen LogP contribution in [0.15, 0.2) is 54.6 Å². The normalized spacial score (nSPS) is 11.2. The number of ether oxygens (including phenoxy) is 1. The Bertz CT molecular complexity index is 647. The maximum Gasteiger partial charge on any atom is 0.407 e. The number of nitrogens with one attached hydrogen (secondary N) is 1. The highest BCUT2D eigenvalue weighted by Crippen LogP contribution is 2.14. The largest absolute Gasteiger partial charge is 0.445 e. The van der Waals surface area contributed by atoms with Gasteiger partial charge in [-0.2, -0.15) is 5.26 Å². The van der Waals surface area contributed by atoms with Crippen LogP contribution < -0.4 is 5.32 Å². The molecule has 1 amide bonds. The molecule has 21 heavy (non-hydrogen) atoms. The zero-order chi connectivity index (χ0) is 15.1. The van der Waals surface area contributed by atoms with Crippen LogP contribution in [0.5, 0.6) is 0 Å². The molecule has 0 aliphatic heterocycles. The van der Waals surface area contributed by atoms with Crippen molar-refractivity contribution < 1.29 is 9.53 Å². The summed E-state index contributed by atoms with van der Waals surface area (Å²) in [4.78, 5) is 11.8. The first-order valence-corrected chi connectivity index (χ1v) is 6.66. The van der Waals surface area contributed by atoms with Gasteiger partial charge in [-0.15, -0.1) is 0 Å². The number of benzene rings is 2. The fourth-order valence-corrected chi connectivity index (χ4v) is 1.90. The maximum absolute atomic E-state index is 11.8. The summed E-state index contributed by atoms with van der Waals surface area (Å²) in [6.45, 7) is 2.08. The quantitative estimate of drug-likeness (QED) is 0.931. The smallest absolute Gasteiger partial charge is 0.407 e. The minimum absolute atomic E-state index is 0.221. The van der Waals surface area contributed by atoms with Gasteiger partial charge in [0, 0.05) is 0 Å². The highest BCUT2D eigenvalue weighted by atomic mass is 16.5. The van der Waals surface area contributed by atoms with Crippen LogP contribution in [0, 0.1) is 11.3 Å². The third-order valence-electron chi connectivity index (χ3n) is 3.06. The van der Waals surface area contributed by atoms with Crippen molar-refractivity contribution in [2.24, 2.45) is 0 Å². The van der Waals surface area contributed by atoms with Gasteiger partial charge in [0.05, 0.1) is 17.7 Å². The number of rotatable bonds is 4. The zero-order valence-electron chi connectivity index (χ0n) is 11.7. The molecule has 0 aliphatic rings. The van der Waals surface area contributed by atoms with Crippen molar-refractivity contribution in [2.45, 2.75) is 19.6 Å². The van der Waals surface area contributed by atoms with Gasteiger partial charge in [0.15, 0.2) is 0 Å². The molecule has 0 unspecified atom stereocenters. The predicted molar refractivity (Wildman–Crippen MR) is 79.3 cm³/mol. The molecular weight excluding hydrogens is 264 g/mol. The number of amides is 1. The van der Waals surface area contributed by atoms with E-state index in [9.17, 15) is 4.79 Å². The van der Waals surface area contributed by atoms with Crippen LogP contribution in [0.2, 0.25) is 0 Å². The fourth-order valence-electron chi connectivity index (χ4n) is 1.90. The molecule has 0 heterocycles.